The molecule has 0 rings (SSSR count). The van der Waals surface area contributed by atoms with Gasteiger partial charge < -0.3 is 4.74 Å². The minimum absolute atomic E-state index is 0.224. The van der Waals surface area contributed by atoms with Crippen molar-refractivity contribution in [2.45, 2.75) is 39.5 Å². The maximum atomic E-state index is 12.5. The van der Waals surface area contributed by atoms with Gasteiger partial charge in [0.15, 0.2) is 0 Å². The molecule has 108 valence electrons. The Morgan fingerprint density at radius 2 is 1.78 bits per heavy atom. The first-order valence-corrected chi connectivity index (χ1v) is 6.63. The highest BCUT2D eigenvalue weighted by molar-refractivity contribution is 7.85. The van der Waals surface area contributed by atoms with E-state index in [-0.39, 0.29) is 6.42 Å². The first-order chi connectivity index (χ1) is 7.79. The van der Waals surface area contributed by atoms with Crippen LogP contribution in [0.5, 0.6) is 0 Å². The van der Waals surface area contributed by atoms with E-state index in [2.05, 4.69) is 4.74 Å². The maximum Gasteiger partial charge on any atom is 0.426 e. The van der Waals surface area contributed by atoms with Gasteiger partial charge in [0.2, 0.25) is 6.10 Å². The zero-order valence-electron chi connectivity index (χ0n) is 10.1. The van der Waals surface area contributed by atoms with Crippen molar-refractivity contribution in [1.29, 1.82) is 0 Å². The average molecular weight is 292 g/mol. The summed E-state index contributed by atoms with van der Waals surface area (Å²) in [5.74, 6) is -2.88. The molecular weight excluding hydrogens is 277 g/mol. The number of ether oxygens (including phenoxy) is 1. The van der Waals surface area contributed by atoms with Gasteiger partial charge in [0, 0.05) is 0 Å². The molecule has 0 aromatic carbocycles. The summed E-state index contributed by atoms with van der Waals surface area (Å²) in [4.78, 5) is 11.4. The molecule has 5 nitrogen and oxygen atoms in total. The topological polar surface area (TPSA) is 80.7 Å². The number of carbonyl (C=O) groups is 1. The van der Waals surface area contributed by atoms with Crippen LogP contribution in [-0.4, -0.2) is 37.0 Å². The summed E-state index contributed by atoms with van der Waals surface area (Å²) in [7, 11) is -4.90. The predicted octanol–water partition coefficient (Wildman–Crippen LogP) is 1.78. The van der Waals surface area contributed by atoms with E-state index in [1.165, 1.54) is 13.8 Å². The highest BCUT2D eigenvalue weighted by Crippen LogP contribution is 2.28. The number of halogens is 3. The van der Waals surface area contributed by atoms with Crippen LogP contribution in [0, 0.1) is 5.41 Å². The largest absolute Gasteiger partial charge is 0.451 e. The van der Waals surface area contributed by atoms with Crippen molar-refractivity contribution in [1.82, 2.24) is 0 Å². The zero-order valence-corrected chi connectivity index (χ0v) is 10.9. The summed E-state index contributed by atoms with van der Waals surface area (Å²) in [6.07, 6.45) is -7.71. The van der Waals surface area contributed by atoms with Gasteiger partial charge >= 0.3 is 12.1 Å². The van der Waals surface area contributed by atoms with Gasteiger partial charge in [-0.15, -0.1) is 0 Å². The quantitative estimate of drug-likeness (QED) is 0.617. The maximum absolute atomic E-state index is 12.5. The number of carbonyl (C=O) groups excluding carboxylic acids is 1. The molecule has 0 heterocycles. The normalized spacial score (nSPS) is 15.3. The molecule has 1 atom stereocenters. The summed E-state index contributed by atoms with van der Waals surface area (Å²) in [5, 5.41) is 0. The van der Waals surface area contributed by atoms with E-state index in [4.69, 9.17) is 4.55 Å². The Labute approximate surface area is 103 Å². The van der Waals surface area contributed by atoms with E-state index >= 15 is 0 Å². The molecular formula is C9H15F3O5S. The lowest BCUT2D eigenvalue weighted by atomic mass is 9.90. The van der Waals surface area contributed by atoms with Crippen LogP contribution in [0.2, 0.25) is 0 Å². The first kappa shape index (κ1) is 17.2. The molecule has 0 aliphatic carbocycles. The molecule has 9 heteroatoms. The molecule has 0 radical (unpaired) electrons. The highest BCUT2D eigenvalue weighted by Gasteiger charge is 2.46. The van der Waals surface area contributed by atoms with E-state index in [1.54, 1.807) is 6.92 Å². The fraction of sp³-hybridized carbons (Fsp3) is 0.889. The SMILES string of the molecule is CCC(C)(C)C(=O)OC(CS(=O)(=O)O)C(F)(F)F. The summed E-state index contributed by atoms with van der Waals surface area (Å²) >= 11 is 0. The summed E-state index contributed by atoms with van der Waals surface area (Å²) in [6, 6.07) is 0. The van der Waals surface area contributed by atoms with Crippen molar-refractivity contribution >= 4 is 16.1 Å². The Hall–Kier alpha value is -0.830. The van der Waals surface area contributed by atoms with Gasteiger partial charge in [-0.2, -0.15) is 21.6 Å². The Morgan fingerprint density at radius 3 is 2.06 bits per heavy atom. The molecule has 1 N–H and O–H groups in total. The van der Waals surface area contributed by atoms with Crippen molar-refractivity contribution in [2.24, 2.45) is 5.41 Å². The molecule has 0 amide bonds. The summed E-state index contributed by atoms with van der Waals surface area (Å²) < 4.78 is 70.8. The number of alkyl halides is 3. The Bertz CT molecular complexity index is 399. The number of hydrogen-bond donors (Lipinski definition) is 1. The van der Waals surface area contributed by atoms with Gasteiger partial charge in [0.05, 0.1) is 5.41 Å². The lowest BCUT2D eigenvalue weighted by Crippen LogP contribution is -2.42. The molecule has 0 aromatic heterocycles. The average Bonchev–Trinajstić information content (AvgIpc) is 2.13. The molecule has 18 heavy (non-hydrogen) atoms. The third-order valence-electron chi connectivity index (χ3n) is 2.41. The second kappa shape index (κ2) is 5.43. The number of esters is 1. The van der Waals surface area contributed by atoms with Gasteiger partial charge in [-0.3, -0.25) is 9.35 Å². The van der Waals surface area contributed by atoms with E-state index in [0.29, 0.717) is 0 Å². The molecule has 0 saturated carbocycles. The molecule has 0 aliphatic rings. The lowest BCUT2D eigenvalue weighted by molar-refractivity contribution is -0.220. The van der Waals surface area contributed by atoms with Crippen molar-refractivity contribution in [3.63, 3.8) is 0 Å². The molecule has 0 aliphatic heterocycles. The van der Waals surface area contributed by atoms with Crippen LogP contribution >= 0.6 is 0 Å². The van der Waals surface area contributed by atoms with Gasteiger partial charge in [0.25, 0.3) is 10.1 Å². The van der Waals surface area contributed by atoms with Crippen LogP contribution in [0.4, 0.5) is 13.2 Å². The van der Waals surface area contributed by atoms with Crippen molar-refractivity contribution in [3.8, 4) is 0 Å². The zero-order chi connectivity index (χ0) is 14.8. The highest BCUT2D eigenvalue weighted by atomic mass is 32.2. The molecule has 0 bridgehead atoms. The van der Waals surface area contributed by atoms with Gasteiger partial charge in [0.1, 0.15) is 5.75 Å². The monoisotopic (exact) mass is 292 g/mol. The van der Waals surface area contributed by atoms with Crippen LogP contribution in [0.1, 0.15) is 27.2 Å². The second-order valence-electron chi connectivity index (χ2n) is 4.42. The van der Waals surface area contributed by atoms with Gasteiger partial charge in [-0.05, 0) is 20.3 Å². The van der Waals surface area contributed by atoms with Crippen LogP contribution in [-0.2, 0) is 19.6 Å². The van der Waals surface area contributed by atoms with Gasteiger partial charge in [-0.1, -0.05) is 6.92 Å². The van der Waals surface area contributed by atoms with E-state index in [9.17, 15) is 26.4 Å². The molecule has 0 fully saturated rings. The van der Waals surface area contributed by atoms with E-state index < -0.39 is 39.5 Å². The third-order valence-corrected chi connectivity index (χ3v) is 3.14. The summed E-state index contributed by atoms with van der Waals surface area (Å²) in [5.41, 5.74) is -1.16. The third kappa shape index (κ3) is 5.67. The molecule has 0 saturated heterocycles. The van der Waals surface area contributed by atoms with E-state index in [1.807, 2.05) is 0 Å². The Morgan fingerprint density at radius 1 is 1.33 bits per heavy atom. The number of hydrogen-bond acceptors (Lipinski definition) is 4. The van der Waals surface area contributed by atoms with Crippen LogP contribution in [0.25, 0.3) is 0 Å². The number of rotatable bonds is 5. The fourth-order valence-electron chi connectivity index (χ4n) is 0.820. The molecule has 0 spiro atoms. The first-order valence-electron chi connectivity index (χ1n) is 5.02. The summed E-state index contributed by atoms with van der Waals surface area (Å²) in [6.45, 7) is 4.32. The standard InChI is InChI=1S/C9H15F3O5S/c1-4-8(2,3)7(13)17-6(9(10,11)12)5-18(14,15)16/h6H,4-5H2,1-3H3,(H,14,15,16). The lowest BCUT2D eigenvalue weighted by Gasteiger charge is -2.25. The minimum Gasteiger partial charge on any atom is -0.451 e. The molecule has 0 aromatic rings. The fourth-order valence-corrected chi connectivity index (χ4v) is 1.46. The van der Waals surface area contributed by atoms with Crippen LogP contribution in [0.3, 0.4) is 0 Å². The second-order valence-corrected chi connectivity index (χ2v) is 5.92. The van der Waals surface area contributed by atoms with E-state index in [0.717, 1.165) is 0 Å². The Kier molecular flexibility index (Phi) is 5.18. The van der Waals surface area contributed by atoms with Crippen LogP contribution < -0.4 is 0 Å². The molecule has 1 unspecified atom stereocenters. The van der Waals surface area contributed by atoms with Gasteiger partial charge in [-0.25, -0.2) is 0 Å². The minimum atomic E-state index is -5.06. The van der Waals surface area contributed by atoms with Crippen molar-refractivity contribution < 1.29 is 35.7 Å². The smallest absolute Gasteiger partial charge is 0.426 e. The van der Waals surface area contributed by atoms with Crippen molar-refractivity contribution in [2.75, 3.05) is 5.75 Å². The Balaban J connectivity index is 5.00. The van der Waals surface area contributed by atoms with Crippen LogP contribution in [0.15, 0.2) is 0 Å². The predicted molar refractivity (Wildman–Crippen MR) is 56.4 cm³/mol. The van der Waals surface area contributed by atoms with Crippen molar-refractivity contribution in [3.05, 3.63) is 0 Å².